The minimum absolute atomic E-state index is 0.219. The molecule has 1 N–H and O–H groups in total. The van der Waals surface area contributed by atoms with Crippen LogP contribution in [0.3, 0.4) is 0 Å². The Kier molecular flexibility index (Phi) is 4.96. The van der Waals surface area contributed by atoms with Crippen LogP contribution in [0.5, 0.6) is 0 Å². The van der Waals surface area contributed by atoms with Crippen LogP contribution in [0.1, 0.15) is 67.7 Å². The molecule has 0 fully saturated rings. The topological polar surface area (TPSA) is 23.5 Å². The van der Waals surface area contributed by atoms with Gasteiger partial charge in [0.1, 0.15) is 0 Å². The smallest absolute Gasteiger partial charge is 0.0517 e. The minimum Gasteiger partial charge on any atom is -0.396 e. The van der Waals surface area contributed by atoms with E-state index < -0.39 is 0 Å². The normalized spacial score (nSPS) is 17.0. The van der Waals surface area contributed by atoms with Crippen LogP contribution >= 0.6 is 0 Å². The van der Waals surface area contributed by atoms with Gasteiger partial charge in [-0.15, -0.1) is 0 Å². The zero-order chi connectivity index (χ0) is 17.3. The van der Waals surface area contributed by atoms with Gasteiger partial charge in [0.05, 0.1) is 6.61 Å². The lowest BCUT2D eigenvalue weighted by Gasteiger charge is -2.24. The summed E-state index contributed by atoms with van der Waals surface area (Å²) in [6.07, 6.45) is 0. The van der Waals surface area contributed by atoms with E-state index in [1.165, 1.54) is 27.9 Å². The number of benzene rings is 2. The maximum absolute atomic E-state index is 9.71. The molecule has 2 aromatic rings. The second kappa shape index (κ2) is 6.98. The van der Waals surface area contributed by atoms with Gasteiger partial charge >= 0.3 is 0 Å². The quantitative estimate of drug-likeness (QED) is 0.834. The summed E-state index contributed by atoms with van der Waals surface area (Å²) in [5.41, 5.74) is 6.83. The molecule has 0 aliphatic carbocycles. The molecule has 0 aromatic heterocycles. The Balaban J connectivity index is 1.92. The van der Waals surface area contributed by atoms with E-state index in [0.717, 1.165) is 13.1 Å². The van der Waals surface area contributed by atoms with Crippen molar-refractivity contribution in [2.24, 2.45) is 0 Å². The molecular formula is C22H29NO. The van der Waals surface area contributed by atoms with E-state index in [1.54, 1.807) is 0 Å². The van der Waals surface area contributed by atoms with Crippen LogP contribution in [-0.4, -0.2) is 18.3 Å². The third-order valence-corrected chi connectivity index (χ3v) is 5.20. The highest BCUT2D eigenvalue weighted by Crippen LogP contribution is 2.37. The SMILES string of the molecule is CC(C)c1ccc(CN2CC(CO)c3ccccc32)c(C(C)C)c1. The van der Waals surface area contributed by atoms with E-state index >= 15 is 0 Å². The molecule has 0 saturated carbocycles. The molecule has 2 heteroatoms. The molecule has 0 amide bonds. The van der Waals surface area contributed by atoms with Gasteiger partial charge in [-0.05, 0) is 40.2 Å². The van der Waals surface area contributed by atoms with Crippen molar-refractivity contribution in [1.82, 2.24) is 0 Å². The van der Waals surface area contributed by atoms with Gasteiger partial charge in [-0.25, -0.2) is 0 Å². The molecule has 1 aliphatic heterocycles. The summed E-state index contributed by atoms with van der Waals surface area (Å²) in [6.45, 7) is 11.1. The maximum atomic E-state index is 9.71. The molecule has 1 heterocycles. The average Bonchev–Trinajstić information content (AvgIpc) is 2.93. The number of fused-ring (bicyclic) bond motifs is 1. The molecule has 3 rings (SSSR count). The molecule has 0 saturated heterocycles. The van der Waals surface area contributed by atoms with E-state index in [0.29, 0.717) is 11.8 Å². The first kappa shape index (κ1) is 17.0. The van der Waals surface area contributed by atoms with Gasteiger partial charge in [-0.1, -0.05) is 64.1 Å². The Bertz CT molecular complexity index is 705. The van der Waals surface area contributed by atoms with Crippen LogP contribution in [0.15, 0.2) is 42.5 Å². The zero-order valence-electron chi connectivity index (χ0n) is 15.3. The van der Waals surface area contributed by atoms with E-state index in [1.807, 2.05) is 0 Å². The molecule has 1 atom stereocenters. The van der Waals surface area contributed by atoms with Gasteiger partial charge < -0.3 is 10.0 Å². The fourth-order valence-corrected chi connectivity index (χ4v) is 3.75. The molecule has 2 aromatic carbocycles. The number of nitrogens with zero attached hydrogens (tertiary/aromatic N) is 1. The lowest BCUT2D eigenvalue weighted by Crippen LogP contribution is -2.23. The predicted octanol–water partition coefficient (Wildman–Crippen LogP) is 5.03. The Hall–Kier alpha value is -1.80. The van der Waals surface area contributed by atoms with Crippen molar-refractivity contribution >= 4 is 5.69 Å². The summed E-state index contributed by atoms with van der Waals surface area (Å²) < 4.78 is 0. The van der Waals surface area contributed by atoms with Crippen LogP contribution in [0.25, 0.3) is 0 Å². The monoisotopic (exact) mass is 323 g/mol. The van der Waals surface area contributed by atoms with E-state index in [9.17, 15) is 5.11 Å². The third kappa shape index (κ3) is 3.21. The summed E-state index contributed by atoms with van der Waals surface area (Å²) in [5, 5.41) is 9.71. The zero-order valence-corrected chi connectivity index (χ0v) is 15.3. The maximum Gasteiger partial charge on any atom is 0.0517 e. The molecule has 2 nitrogen and oxygen atoms in total. The van der Waals surface area contributed by atoms with Gasteiger partial charge in [0.15, 0.2) is 0 Å². The number of aliphatic hydroxyl groups excluding tert-OH is 1. The molecule has 0 spiro atoms. The highest BCUT2D eigenvalue weighted by Gasteiger charge is 2.28. The fraction of sp³-hybridized carbons (Fsp3) is 0.455. The first-order chi connectivity index (χ1) is 11.5. The van der Waals surface area contributed by atoms with Gasteiger partial charge in [-0.2, -0.15) is 0 Å². The molecule has 0 bridgehead atoms. The highest BCUT2D eigenvalue weighted by molar-refractivity contribution is 5.60. The van der Waals surface area contributed by atoms with Crippen molar-refractivity contribution in [3.05, 3.63) is 64.7 Å². The summed E-state index contributed by atoms with van der Waals surface area (Å²) in [4.78, 5) is 2.42. The summed E-state index contributed by atoms with van der Waals surface area (Å²) in [5.74, 6) is 1.31. The van der Waals surface area contributed by atoms with Crippen LogP contribution in [0.2, 0.25) is 0 Å². The molecule has 1 unspecified atom stereocenters. The second-order valence-electron chi connectivity index (χ2n) is 7.59. The number of aliphatic hydroxyl groups is 1. The predicted molar refractivity (Wildman–Crippen MR) is 102 cm³/mol. The Morgan fingerprint density at radius 1 is 1.04 bits per heavy atom. The molecular weight excluding hydrogens is 294 g/mol. The molecule has 128 valence electrons. The van der Waals surface area contributed by atoms with E-state index in [4.69, 9.17) is 0 Å². The number of para-hydroxylation sites is 1. The van der Waals surface area contributed by atoms with Crippen LogP contribution in [0, 0.1) is 0 Å². The van der Waals surface area contributed by atoms with Gasteiger partial charge in [0.25, 0.3) is 0 Å². The largest absolute Gasteiger partial charge is 0.396 e. The highest BCUT2D eigenvalue weighted by atomic mass is 16.3. The van der Waals surface area contributed by atoms with Crippen molar-refractivity contribution < 1.29 is 5.11 Å². The number of hydrogen-bond donors (Lipinski definition) is 1. The van der Waals surface area contributed by atoms with Crippen molar-refractivity contribution in [1.29, 1.82) is 0 Å². The Labute approximate surface area is 146 Å². The summed E-state index contributed by atoms with van der Waals surface area (Å²) >= 11 is 0. The molecule has 24 heavy (non-hydrogen) atoms. The van der Waals surface area contributed by atoms with Crippen LogP contribution < -0.4 is 4.90 Å². The van der Waals surface area contributed by atoms with E-state index in [-0.39, 0.29) is 12.5 Å². The van der Waals surface area contributed by atoms with Crippen molar-refractivity contribution in [2.75, 3.05) is 18.1 Å². The van der Waals surface area contributed by atoms with Crippen LogP contribution in [0.4, 0.5) is 5.69 Å². The molecule has 1 aliphatic rings. The first-order valence-corrected chi connectivity index (χ1v) is 9.08. The van der Waals surface area contributed by atoms with Gasteiger partial charge in [0, 0.05) is 24.7 Å². The average molecular weight is 323 g/mol. The number of hydrogen-bond acceptors (Lipinski definition) is 2. The second-order valence-corrected chi connectivity index (χ2v) is 7.59. The van der Waals surface area contributed by atoms with Crippen molar-refractivity contribution in [3.63, 3.8) is 0 Å². The fourth-order valence-electron chi connectivity index (χ4n) is 3.75. The molecule has 0 radical (unpaired) electrons. The van der Waals surface area contributed by atoms with Crippen LogP contribution in [-0.2, 0) is 6.54 Å². The lowest BCUT2D eigenvalue weighted by molar-refractivity contribution is 0.270. The summed E-state index contributed by atoms with van der Waals surface area (Å²) in [7, 11) is 0. The Morgan fingerprint density at radius 2 is 1.79 bits per heavy atom. The van der Waals surface area contributed by atoms with Gasteiger partial charge in [0.2, 0.25) is 0 Å². The van der Waals surface area contributed by atoms with E-state index in [2.05, 4.69) is 75.1 Å². The standard InChI is InChI=1S/C22H29NO/c1-15(2)17-9-10-18(21(11-17)16(3)4)12-23-13-19(14-24)20-7-5-6-8-22(20)23/h5-11,15-16,19,24H,12-14H2,1-4H3. The lowest BCUT2D eigenvalue weighted by atomic mass is 9.91. The number of rotatable bonds is 5. The Morgan fingerprint density at radius 3 is 2.46 bits per heavy atom. The van der Waals surface area contributed by atoms with Crippen molar-refractivity contribution in [2.45, 2.75) is 52.0 Å². The van der Waals surface area contributed by atoms with Crippen molar-refractivity contribution in [3.8, 4) is 0 Å². The van der Waals surface area contributed by atoms with Gasteiger partial charge in [-0.3, -0.25) is 0 Å². The summed E-state index contributed by atoms with van der Waals surface area (Å²) in [6, 6.07) is 15.5. The third-order valence-electron chi connectivity index (χ3n) is 5.20. The number of anilines is 1. The first-order valence-electron chi connectivity index (χ1n) is 9.08. The minimum atomic E-state index is 0.219.